The fourth-order valence-electron chi connectivity index (χ4n) is 0.589. The van der Waals surface area contributed by atoms with E-state index in [1.165, 1.54) is 19.4 Å². The van der Waals surface area contributed by atoms with Gasteiger partial charge in [-0.1, -0.05) is 62.7 Å². The van der Waals surface area contributed by atoms with Crippen LogP contribution < -0.4 is 0 Å². The van der Waals surface area contributed by atoms with Crippen LogP contribution in [0.3, 0.4) is 0 Å². The summed E-state index contributed by atoms with van der Waals surface area (Å²) in [4.78, 5) is 28.4. The first-order valence-corrected chi connectivity index (χ1v) is 6.79. The van der Waals surface area contributed by atoms with Crippen molar-refractivity contribution in [2.24, 2.45) is 0 Å². The summed E-state index contributed by atoms with van der Waals surface area (Å²) < 4.78 is 0. The number of carboxylic acid groups (broad SMARTS) is 3. The SMILES string of the molecule is C=C(C)C(=O)O.C=C(C)C(=O)O.C=CC(=O)O.C=Cc1ccccc1. The molecule has 1 rings (SSSR count). The van der Waals surface area contributed by atoms with Crippen LogP contribution in [-0.4, -0.2) is 33.2 Å². The molecule has 0 unspecified atom stereocenters. The number of rotatable bonds is 4. The largest absolute Gasteiger partial charge is 0.478 e. The van der Waals surface area contributed by atoms with Crippen molar-refractivity contribution in [3.63, 3.8) is 0 Å². The molecule has 0 bridgehead atoms. The second-order valence-corrected chi connectivity index (χ2v) is 4.33. The minimum atomic E-state index is -0.981. The Morgan fingerprint density at radius 2 is 1.12 bits per heavy atom. The molecule has 0 amide bonds. The first kappa shape index (κ1) is 26.5. The van der Waals surface area contributed by atoms with Crippen LogP contribution in [-0.2, 0) is 14.4 Å². The van der Waals surface area contributed by atoms with Gasteiger partial charge in [0.05, 0.1) is 0 Å². The molecule has 0 heterocycles. The highest BCUT2D eigenvalue weighted by Gasteiger charge is 1.90. The van der Waals surface area contributed by atoms with Gasteiger partial charge in [-0.2, -0.15) is 0 Å². The first-order valence-electron chi connectivity index (χ1n) is 6.79. The van der Waals surface area contributed by atoms with Crippen LogP contribution in [0.2, 0.25) is 0 Å². The molecule has 1 aromatic rings. The predicted octanol–water partition coefficient (Wildman–Crippen LogP) is 3.88. The topological polar surface area (TPSA) is 112 Å². The van der Waals surface area contributed by atoms with E-state index in [1.807, 2.05) is 36.4 Å². The number of carbonyl (C=O) groups is 3. The van der Waals surface area contributed by atoms with Gasteiger partial charge in [0, 0.05) is 17.2 Å². The molecule has 25 heavy (non-hydrogen) atoms. The molecule has 6 nitrogen and oxygen atoms in total. The van der Waals surface area contributed by atoms with E-state index in [4.69, 9.17) is 15.3 Å². The smallest absolute Gasteiger partial charge is 0.330 e. The highest BCUT2D eigenvalue weighted by molar-refractivity contribution is 5.85. The Bertz CT molecular complexity index is 552. The Hall–Kier alpha value is -3.41. The summed E-state index contributed by atoms with van der Waals surface area (Å²) in [5.74, 6) is -2.85. The van der Waals surface area contributed by atoms with Crippen molar-refractivity contribution in [2.75, 3.05) is 0 Å². The lowest BCUT2D eigenvalue weighted by Crippen LogP contribution is -1.92. The summed E-state index contributed by atoms with van der Waals surface area (Å²) in [5.41, 5.74) is 1.53. The summed E-state index contributed by atoms with van der Waals surface area (Å²) >= 11 is 0. The Morgan fingerprint density at radius 3 is 1.24 bits per heavy atom. The van der Waals surface area contributed by atoms with Gasteiger partial charge in [0.1, 0.15) is 0 Å². The van der Waals surface area contributed by atoms with E-state index in [2.05, 4.69) is 26.3 Å². The average molecular weight is 348 g/mol. The van der Waals surface area contributed by atoms with Crippen molar-refractivity contribution in [1.82, 2.24) is 0 Å². The van der Waals surface area contributed by atoms with Crippen molar-refractivity contribution < 1.29 is 29.7 Å². The highest BCUT2D eigenvalue weighted by atomic mass is 16.4. The summed E-state index contributed by atoms with van der Waals surface area (Å²) in [6, 6.07) is 10.0. The second kappa shape index (κ2) is 17.0. The average Bonchev–Trinajstić information content (AvgIpc) is 2.57. The van der Waals surface area contributed by atoms with Gasteiger partial charge in [-0.05, 0) is 19.4 Å². The summed E-state index contributed by atoms with van der Waals surface area (Å²) in [5, 5.41) is 23.4. The van der Waals surface area contributed by atoms with Crippen LogP contribution in [0.25, 0.3) is 6.08 Å². The number of carboxylic acids is 3. The molecule has 0 spiro atoms. The summed E-state index contributed by atoms with van der Waals surface area (Å²) in [7, 11) is 0. The van der Waals surface area contributed by atoms with Gasteiger partial charge >= 0.3 is 17.9 Å². The Kier molecular flexibility index (Phi) is 18.0. The number of hydrogen-bond acceptors (Lipinski definition) is 3. The van der Waals surface area contributed by atoms with Crippen LogP contribution in [0.1, 0.15) is 19.4 Å². The molecule has 0 radical (unpaired) electrons. The van der Waals surface area contributed by atoms with E-state index in [0.717, 1.165) is 6.08 Å². The van der Waals surface area contributed by atoms with E-state index in [-0.39, 0.29) is 11.1 Å². The molecular weight excluding hydrogens is 324 g/mol. The van der Waals surface area contributed by atoms with Crippen LogP contribution in [0.4, 0.5) is 0 Å². The lowest BCUT2D eigenvalue weighted by atomic mass is 10.2. The van der Waals surface area contributed by atoms with Gasteiger partial charge in [-0.15, -0.1) is 0 Å². The third-order valence-electron chi connectivity index (χ3n) is 1.94. The van der Waals surface area contributed by atoms with Gasteiger partial charge in [0.15, 0.2) is 0 Å². The van der Waals surface area contributed by atoms with Gasteiger partial charge in [-0.25, -0.2) is 14.4 Å². The summed E-state index contributed by atoms with van der Waals surface area (Å²) in [6.07, 6.45) is 2.67. The summed E-state index contributed by atoms with van der Waals surface area (Å²) in [6.45, 7) is 15.8. The van der Waals surface area contributed by atoms with Gasteiger partial charge in [0.2, 0.25) is 0 Å². The molecule has 1 aromatic carbocycles. The van der Waals surface area contributed by atoms with Crippen LogP contribution in [0.5, 0.6) is 0 Å². The molecular formula is C19H24O6. The standard InChI is InChI=1S/C8H8.2C4H6O2.C3H4O2/c1-2-8-6-4-3-5-7-8;2*1-3(2)4(5)6;1-2-3(4)5/h2-7H,1H2;2*1H2,2H3,(H,5,6);2H,1H2,(H,4,5). The van der Waals surface area contributed by atoms with E-state index >= 15 is 0 Å². The Balaban J connectivity index is -0.000000263. The zero-order valence-electron chi connectivity index (χ0n) is 14.4. The lowest BCUT2D eigenvalue weighted by molar-refractivity contribution is -0.133. The van der Waals surface area contributed by atoms with Crippen molar-refractivity contribution >= 4 is 24.0 Å². The molecule has 136 valence electrons. The van der Waals surface area contributed by atoms with E-state index in [0.29, 0.717) is 0 Å². The highest BCUT2D eigenvalue weighted by Crippen LogP contribution is 1.97. The zero-order chi connectivity index (χ0) is 20.4. The fourth-order valence-corrected chi connectivity index (χ4v) is 0.589. The number of benzene rings is 1. The molecule has 6 heteroatoms. The number of hydrogen-bond donors (Lipinski definition) is 3. The molecule has 0 fully saturated rings. The normalized spacial score (nSPS) is 7.60. The van der Waals surface area contributed by atoms with Crippen LogP contribution >= 0.6 is 0 Å². The monoisotopic (exact) mass is 348 g/mol. The molecule has 3 N–H and O–H groups in total. The van der Waals surface area contributed by atoms with E-state index in [1.54, 1.807) is 0 Å². The van der Waals surface area contributed by atoms with E-state index in [9.17, 15) is 14.4 Å². The molecule has 0 atom stereocenters. The zero-order valence-corrected chi connectivity index (χ0v) is 14.4. The van der Waals surface area contributed by atoms with Crippen molar-refractivity contribution in [1.29, 1.82) is 0 Å². The van der Waals surface area contributed by atoms with Gasteiger partial charge in [-0.3, -0.25) is 0 Å². The molecule has 0 saturated carbocycles. The Labute approximate surface area is 147 Å². The minimum Gasteiger partial charge on any atom is -0.478 e. The molecule has 0 aliphatic carbocycles. The van der Waals surface area contributed by atoms with Crippen LogP contribution in [0.15, 0.2) is 73.9 Å². The van der Waals surface area contributed by atoms with Crippen LogP contribution in [0, 0.1) is 0 Å². The fraction of sp³-hybridized carbons (Fsp3) is 0.105. The third-order valence-corrected chi connectivity index (χ3v) is 1.94. The van der Waals surface area contributed by atoms with E-state index < -0.39 is 17.9 Å². The third kappa shape index (κ3) is 25.9. The molecule has 0 saturated heterocycles. The van der Waals surface area contributed by atoms with Crippen molar-refractivity contribution in [2.45, 2.75) is 13.8 Å². The molecule has 0 aliphatic rings. The first-order chi connectivity index (χ1) is 11.5. The predicted molar refractivity (Wildman–Crippen MR) is 99.3 cm³/mol. The Morgan fingerprint density at radius 1 is 0.840 bits per heavy atom. The van der Waals surface area contributed by atoms with Crippen molar-refractivity contribution in [3.8, 4) is 0 Å². The lowest BCUT2D eigenvalue weighted by Gasteiger charge is -1.85. The molecule has 0 aliphatic heterocycles. The quantitative estimate of drug-likeness (QED) is 0.712. The van der Waals surface area contributed by atoms with Gasteiger partial charge < -0.3 is 15.3 Å². The molecule has 0 aromatic heterocycles. The maximum atomic E-state index is 9.60. The second-order valence-electron chi connectivity index (χ2n) is 4.33. The maximum absolute atomic E-state index is 9.60. The number of aliphatic carboxylic acids is 3. The minimum absolute atomic E-state index is 0.176. The maximum Gasteiger partial charge on any atom is 0.330 e. The van der Waals surface area contributed by atoms with Gasteiger partial charge in [0.25, 0.3) is 0 Å². The van der Waals surface area contributed by atoms with Crippen molar-refractivity contribution in [3.05, 3.63) is 79.4 Å².